The highest BCUT2D eigenvalue weighted by Crippen LogP contribution is 2.67. The van der Waals surface area contributed by atoms with E-state index in [0.717, 1.165) is 31.5 Å². The van der Waals surface area contributed by atoms with Crippen molar-refractivity contribution >= 4 is 10.8 Å². The van der Waals surface area contributed by atoms with Crippen LogP contribution in [-0.4, -0.2) is 28.7 Å². The molecule has 1 saturated carbocycles. The van der Waals surface area contributed by atoms with Gasteiger partial charge in [0.25, 0.3) is 0 Å². The van der Waals surface area contributed by atoms with Crippen molar-refractivity contribution in [1.82, 2.24) is 0 Å². The zero-order valence-corrected chi connectivity index (χ0v) is 21.3. The number of ether oxygens (including phenoxy) is 1. The molecule has 34 heavy (non-hydrogen) atoms. The van der Waals surface area contributed by atoms with Gasteiger partial charge in [0.1, 0.15) is 24.2 Å². The number of fused-ring (bicyclic) bond motifs is 1. The second-order valence-electron chi connectivity index (χ2n) is 12.1. The molecule has 178 valence electrons. The number of hydrogen-bond donors (Lipinski definition) is 0. The number of nitrogens with zero attached hydrogens (tertiary/aromatic N) is 1. The van der Waals surface area contributed by atoms with Crippen LogP contribution in [0, 0.1) is 23.7 Å². The summed E-state index contributed by atoms with van der Waals surface area (Å²) < 4.78 is 8.33. The third kappa shape index (κ3) is 3.08. The van der Waals surface area contributed by atoms with E-state index < -0.39 is 0 Å². The topological polar surface area (TPSA) is 9.23 Å². The number of rotatable bonds is 6. The first-order chi connectivity index (χ1) is 16.4. The smallest absolute Gasteiger partial charge is 0.128 e. The SMILES string of the molecule is CC(C)[C@@]1(OCc2ccccc2)C[N@+]2(Cc3ccc4ccccc4c3)C[C@@H](C)[C@@H]3CC[C@H]1[C@@]32C. The second-order valence-corrected chi connectivity index (χ2v) is 12.1. The molecule has 0 unspecified atom stereocenters. The third-order valence-corrected chi connectivity index (χ3v) is 10.3. The van der Waals surface area contributed by atoms with E-state index in [1.807, 2.05) is 0 Å². The van der Waals surface area contributed by atoms with Gasteiger partial charge in [-0.15, -0.1) is 0 Å². The normalized spacial score (nSPS) is 36.4. The molecule has 0 amide bonds. The van der Waals surface area contributed by atoms with E-state index in [4.69, 9.17) is 4.74 Å². The first-order valence-corrected chi connectivity index (χ1v) is 13.4. The van der Waals surface area contributed by atoms with Gasteiger partial charge in [0.2, 0.25) is 0 Å². The Kier molecular flexibility index (Phi) is 5.21. The molecule has 3 aliphatic rings. The lowest BCUT2D eigenvalue weighted by Gasteiger charge is -2.43. The maximum Gasteiger partial charge on any atom is 0.128 e. The van der Waals surface area contributed by atoms with E-state index in [9.17, 15) is 0 Å². The lowest BCUT2D eigenvalue weighted by molar-refractivity contribution is -0.968. The Labute approximate surface area is 205 Å². The van der Waals surface area contributed by atoms with Crippen LogP contribution < -0.4 is 0 Å². The first-order valence-electron chi connectivity index (χ1n) is 13.4. The van der Waals surface area contributed by atoms with Crippen LogP contribution in [-0.2, 0) is 17.9 Å². The lowest BCUT2D eigenvalue weighted by Crippen LogP contribution is -2.57. The van der Waals surface area contributed by atoms with Crippen LogP contribution in [0.25, 0.3) is 10.8 Å². The summed E-state index contributed by atoms with van der Waals surface area (Å²) in [7, 11) is 0. The van der Waals surface area contributed by atoms with Crippen molar-refractivity contribution in [3.63, 3.8) is 0 Å². The second kappa shape index (κ2) is 7.93. The van der Waals surface area contributed by atoms with Crippen molar-refractivity contribution in [2.24, 2.45) is 23.7 Å². The molecule has 0 aromatic heterocycles. The largest absolute Gasteiger partial charge is 0.364 e. The van der Waals surface area contributed by atoms with Crippen molar-refractivity contribution in [1.29, 1.82) is 0 Å². The van der Waals surface area contributed by atoms with Crippen molar-refractivity contribution in [2.45, 2.75) is 64.8 Å². The fourth-order valence-electron chi connectivity index (χ4n) is 8.83. The third-order valence-electron chi connectivity index (χ3n) is 10.3. The molecule has 0 bridgehead atoms. The van der Waals surface area contributed by atoms with Gasteiger partial charge in [0, 0.05) is 23.3 Å². The Morgan fingerprint density at radius 2 is 1.65 bits per heavy atom. The Morgan fingerprint density at radius 1 is 0.912 bits per heavy atom. The van der Waals surface area contributed by atoms with Gasteiger partial charge in [-0.25, -0.2) is 0 Å². The van der Waals surface area contributed by atoms with Crippen LogP contribution in [0.4, 0.5) is 0 Å². The van der Waals surface area contributed by atoms with E-state index in [2.05, 4.69) is 100 Å². The van der Waals surface area contributed by atoms with Crippen LogP contribution in [0.1, 0.15) is 51.7 Å². The van der Waals surface area contributed by atoms with Gasteiger partial charge in [-0.3, -0.25) is 0 Å². The average Bonchev–Trinajstić information content (AvgIpc) is 3.38. The molecule has 2 aliphatic heterocycles. The zero-order valence-electron chi connectivity index (χ0n) is 21.3. The van der Waals surface area contributed by atoms with Crippen molar-refractivity contribution in [2.75, 3.05) is 13.1 Å². The molecule has 2 nitrogen and oxygen atoms in total. The van der Waals surface area contributed by atoms with Gasteiger partial charge >= 0.3 is 0 Å². The minimum atomic E-state index is -0.0592. The van der Waals surface area contributed by atoms with Crippen LogP contribution in [0.2, 0.25) is 0 Å². The number of quaternary nitrogens is 1. The standard InChI is InChI=1S/C32H40NO/c1-23(2)32(34-21-25-10-6-5-7-11-25)22-33(19-24(3)29-16-17-30(32)31(29,33)4)20-26-14-15-27-12-8-9-13-28(27)18-26/h5-15,18,23-24,29-30H,16-17,19-22H2,1-4H3/q+1/t24-,29+,30+,31-,32+,33-/m1/s1. The van der Waals surface area contributed by atoms with Crippen molar-refractivity contribution < 1.29 is 9.22 Å². The van der Waals surface area contributed by atoms with Crippen LogP contribution in [0.15, 0.2) is 72.8 Å². The van der Waals surface area contributed by atoms with E-state index in [1.54, 1.807) is 0 Å². The molecule has 1 aliphatic carbocycles. The van der Waals surface area contributed by atoms with Gasteiger partial charge in [-0.05, 0) is 48.1 Å². The minimum Gasteiger partial charge on any atom is -0.364 e. The van der Waals surface area contributed by atoms with E-state index >= 15 is 0 Å². The monoisotopic (exact) mass is 454 g/mol. The molecule has 3 aromatic rings. The molecule has 0 spiro atoms. The fourth-order valence-corrected chi connectivity index (χ4v) is 8.83. The summed E-state index contributed by atoms with van der Waals surface area (Å²) in [5.74, 6) is 2.72. The first kappa shape index (κ1) is 22.3. The predicted molar refractivity (Wildman–Crippen MR) is 140 cm³/mol. The highest BCUT2D eigenvalue weighted by molar-refractivity contribution is 5.82. The molecule has 2 heterocycles. The van der Waals surface area contributed by atoms with Crippen LogP contribution in [0.3, 0.4) is 0 Å². The molecule has 2 heteroatoms. The molecule has 2 saturated heterocycles. The molecular weight excluding hydrogens is 414 g/mol. The van der Waals surface area contributed by atoms with Gasteiger partial charge in [0.05, 0.1) is 13.2 Å². The van der Waals surface area contributed by atoms with Gasteiger partial charge < -0.3 is 9.22 Å². The molecule has 3 aromatic carbocycles. The quantitative estimate of drug-likeness (QED) is 0.357. The molecule has 6 atom stereocenters. The average molecular weight is 455 g/mol. The van der Waals surface area contributed by atoms with E-state index in [-0.39, 0.29) is 5.60 Å². The Morgan fingerprint density at radius 3 is 2.41 bits per heavy atom. The fraction of sp³-hybridized carbons (Fsp3) is 0.500. The maximum atomic E-state index is 7.12. The van der Waals surface area contributed by atoms with Gasteiger partial charge in [-0.1, -0.05) is 87.5 Å². The van der Waals surface area contributed by atoms with Crippen molar-refractivity contribution in [3.05, 3.63) is 83.9 Å². The summed E-state index contributed by atoms with van der Waals surface area (Å²) in [5.41, 5.74) is 3.02. The Hall–Kier alpha value is -2.16. The lowest BCUT2D eigenvalue weighted by atomic mass is 9.72. The Balaban J connectivity index is 1.40. The number of benzene rings is 3. The van der Waals surface area contributed by atoms with Gasteiger partial charge in [0.15, 0.2) is 0 Å². The highest BCUT2D eigenvalue weighted by Gasteiger charge is 2.78. The summed E-state index contributed by atoms with van der Waals surface area (Å²) in [6, 6.07) is 26.8. The summed E-state index contributed by atoms with van der Waals surface area (Å²) in [5, 5.41) is 2.71. The predicted octanol–water partition coefficient (Wildman–Crippen LogP) is 7.22. The van der Waals surface area contributed by atoms with Crippen LogP contribution >= 0.6 is 0 Å². The molecule has 0 N–H and O–H groups in total. The minimum absolute atomic E-state index is 0.0592. The molecular formula is C32H40NO+. The van der Waals surface area contributed by atoms with Gasteiger partial charge in [-0.2, -0.15) is 0 Å². The maximum absolute atomic E-state index is 7.12. The van der Waals surface area contributed by atoms with Crippen molar-refractivity contribution in [3.8, 4) is 0 Å². The number of hydrogen-bond acceptors (Lipinski definition) is 1. The summed E-state index contributed by atoms with van der Waals surface area (Å²) in [6.07, 6.45) is 2.68. The molecule has 6 rings (SSSR count). The highest BCUT2D eigenvalue weighted by atomic mass is 16.5. The van der Waals surface area contributed by atoms with E-state index in [1.165, 1.54) is 45.8 Å². The summed E-state index contributed by atoms with van der Waals surface area (Å²) >= 11 is 0. The van der Waals surface area contributed by atoms with E-state index in [0.29, 0.717) is 17.4 Å². The van der Waals surface area contributed by atoms with Crippen LogP contribution in [0.5, 0.6) is 0 Å². The summed E-state index contributed by atoms with van der Waals surface area (Å²) in [6.45, 7) is 14.3. The summed E-state index contributed by atoms with van der Waals surface area (Å²) in [4.78, 5) is 0. The molecule has 3 fully saturated rings. The zero-order chi connectivity index (χ0) is 23.6. The molecule has 0 radical (unpaired) electrons. The Bertz CT molecular complexity index is 1190.